The Bertz CT molecular complexity index is 894. The van der Waals surface area contributed by atoms with Crippen molar-refractivity contribution in [2.24, 2.45) is 5.92 Å². The highest BCUT2D eigenvalue weighted by Crippen LogP contribution is 2.29. The van der Waals surface area contributed by atoms with Crippen molar-refractivity contribution in [2.75, 3.05) is 19.7 Å². The number of carbonyl (C=O) groups excluding carboxylic acids is 1. The molecule has 3 aromatic rings. The van der Waals surface area contributed by atoms with Crippen molar-refractivity contribution in [3.05, 3.63) is 65.4 Å². The fraction of sp³-hybridized carbons (Fsp3) is 0.348. The Morgan fingerprint density at radius 3 is 2.56 bits per heavy atom. The van der Waals surface area contributed by atoms with Gasteiger partial charge in [-0.2, -0.15) is 0 Å². The standard InChI is InChI=1S/C23H27NO3/c1-4-20-22(19-7-5-6-8-21(19)27-20)23(25)17-9-11-18(12-10-17)26-14-13-24-15-16(2)3/h5-12,16,24H,4,13-15H2,1-3H3. The summed E-state index contributed by atoms with van der Waals surface area (Å²) in [7, 11) is 0. The lowest BCUT2D eigenvalue weighted by molar-refractivity contribution is 0.103. The molecule has 0 saturated heterocycles. The summed E-state index contributed by atoms with van der Waals surface area (Å²) < 4.78 is 11.6. The van der Waals surface area contributed by atoms with E-state index in [4.69, 9.17) is 9.15 Å². The van der Waals surface area contributed by atoms with Crippen LogP contribution in [0.2, 0.25) is 0 Å². The van der Waals surface area contributed by atoms with Crippen molar-refractivity contribution in [1.82, 2.24) is 5.32 Å². The van der Waals surface area contributed by atoms with Gasteiger partial charge < -0.3 is 14.5 Å². The third kappa shape index (κ3) is 4.58. The van der Waals surface area contributed by atoms with Crippen LogP contribution in [-0.2, 0) is 6.42 Å². The second-order valence-electron chi connectivity index (χ2n) is 7.05. The van der Waals surface area contributed by atoms with Gasteiger partial charge in [-0.15, -0.1) is 0 Å². The minimum atomic E-state index is -0.0121. The van der Waals surface area contributed by atoms with E-state index in [-0.39, 0.29) is 5.78 Å². The molecule has 0 fully saturated rings. The number of ketones is 1. The molecule has 0 aliphatic rings. The molecule has 1 aromatic heterocycles. The molecule has 0 atom stereocenters. The van der Waals surface area contributed by atoms with Gasteiger partial charge in [0, 0.05) is 23.9 Å². The number of para-hydroxylation sites is 1. The molecule has 0 radical (unpaired) electrons. The second-order valence-corrected chi connectivity index (χ2v) is 7.05. The summed E-state index contributed by atoms with van der Waals surface area (Å²) in [6.07, 6.45) is 0.681. The Labute approximate surface area is 160 Å². The molecule has 1 heterocycles. The van der Waals surface area contributed by atoms with Crippen LogP contribution in [0.3, 0.4) is 0 Å². The van der Waals surface area contributed by atoms with Gasteiger partial charge >= 0.3 is 0 Å². The number of aryl methyl sites for hydroxylation is 1. The van der Waals surface area contributed by atoms with Gasteiger partial charge in [0.15, 0.2) is 5.78 Å². The average molecular weight is 365 g/mol. The molecular weight excluding hydrogens is 338 g/mol. The highest BCUT2D eigenvalue weighted by Gasteiger charge is 2.20. The lowest BCUT2D eigenvalue weighted by atomic mass is 9.99. The molecule has 3 rings (SSSR count). The summed E-state index contributed by atoms with van der Waals surface area (Å²) in [4.78, 5) is 13.1. The molecule has 0 unspecified atom stereocenters. The lowest BCUT2D eigenvalue weighted by Crippen LogP contribution is -2.24. The van der Waals surface area contributed by atoms with E-state index in [1.165, 1.54) is 0 Å². The summed E-state index contributed by atoms with van der Waals surface area (Å²) in [5.41, 5.74) is 2.06. The van der Waals surface area contributed by atoms with E-state index < -0.39 is 0 Å². The molecule has 0 spiro atoms. The Hall–Kier alpha value is -2.59. The first-order valence-electron chi connectivity index (χ1n) is 9.58. The van der Waals surface area contributed by atoms with Crippen LogP contribution >= 0.6 is 0 Å². The van der Waals surface area contributed by atoms with E-state index >= 15 is 0 Å². The molecule has 4 heteroatoms. The fourth-order valence-corrected chi connectivity index (χ4v) is 3.07. The molecule has 0 aliphatic carbocycles. The van der Waals surface area contributed by atoms with Crippen LogP contribution in [0.1, 0.15) is 42.5 Å². The van der Waals surface area contributed by atoms with E-state index in [0.717, 1.165) is 35.6 Å². The van der Waals surface area contributed by atoms with Crippen molar-refractivity contribution >= 4 is 16.8 Å². The number of furan rings is 1. The fourth-order valence-electron chi connectivity index (χ4n) is 3.07. The van der Waals surface area contributed by atoms with E-state index in [1.54, 1.807) is 0 Å². The number of hydrogen-bond acceptors (Lipinski definition) is 4. The average Bonchev–Trinajstić information content (AvgIpc) is 3.06. The molecule has 4 nitrogen and oxygen atoms in total. The third-order valence-corrected chi connectivity index (χ3v) is 4.43. The monoisotopic (exact) mass is 365 g/mol. The molecule has 142 valence electrons. The summed E-state index contributed by atoms with van der Waals surface area (Å²) in [5, 5.41) is 4.21. The van der Waals surface area contributed by atoms with Crippen LogP contribution in [-0.4, -0.2) is 25.5 Å². The van der Waals surface area contributed by atoms with Crippen LogP contribution in [0.4, 0.5) is 0 Å². The Kier molecular flexibility index (Phi) is 6.30. The molecule has 1 N–H and O–H groups in total. The first-order chi connectivity index (χ1) is 13.1. The van der Waals surface area contributed by atoms with Gasteiger partial charge in [-0.25, -0.2) is 0 Å². The number of nitrogens with one attached hydrogen (secondary N) is 1. The van der Waals surface area contributed by atoms with Crippen LogP contribution in [0.5, 0.6) is 5.75 Å². The normalized spacial score (nSPS) is 11.3. The molecule has 0 bridgehead atoms. The first kappa shape index (κ1) is 19.2. The summed E-state index contributed by atoms with van der Waals surface area (Å²) in [5.74, 6) is 2.12. The van der Waals surface area contributed by atoms with Gasteiger partial charge in [-0.1, -0.05) is 39.0 Å². The highest BCUT2D eigenvalue weighted by molar-refractivity contribution is 6.16. The number of fused-ring (bicyclic) bond motifs is 1. The van der Waals surface area contributed by atoms with Crippen molar-refractivity contribution in [1.29, 1.82) is 0 Å². The minimum Gasteiger partial charge on any atom is -0.492 e. The zero-order valence-corrected chi connectivity index (χ0v) is 16.2. The van der Waals surface area contributed by atoms with Crippen LogP contribution < -0.4 is 10.1 Å². The predicted octanol–water partition coefficient (Wildman–Crippen LogP) is 4.85. The van der Waals surface area contributed by atoms with Crippen molar-refractivity contribution < 1.29 is 13.9 Å². The summed E-state index contributed by atoms with van der Waals surface area (Å²) in [6, 6.07) is 15.0. The summed E-state index contributed by atoms with van der Waals surface area (Å²) in [6.45, 7) is 8.74. The molecule has 27 heavy (non-hydrogen) atoms. The van der Waals surface area contributed by atoms with E-state index in [9.17, 15) is 4.79 Å². The van der Waals surface area contributed by atoms with Crippen LogP contribution in [0, 0.1) is 5.92 Å². The SMILES string of the molecule is CCc1oc2ccccc2c1C(=O)c1ccc(OCCNCC(C)C)cc1. The molecule has 0 amide bonds. The molecule has 0 aliphatic heterocycles. The van der Waals surface area contributed by atoms with E-state index in [1.807, 2.05) is 55.5 Å². The second kappa shape index (κ2) is 8.87. The maximum atomic E-state index is 13.1. The summed E-state index contributed by atoms with van der Waals surface area (Å²) >= 11 is 0. The van der Waals surface area contributed by atoms with Gasteiger partial charge in [0.05, 0.1) is 5.56 Å². The van der Waals surface area contributed by atoms with Crippen molar-refractivity contribution in [3.63, 3.8) is 0 Å². The van der Waals surface area contributed by atoms with E-state index in [0.29, 0.717) is 30.1 Å². The van der Waals surface area contributed by atoms with Crippen LogP contribution in [0.25, 0.3) is 11.0 Å². The lowest BCUT2D eigenvalue weighted by Gasteiger charge is -2.09. The molecular formula is C23H27NO3. The number of carbonyl (C=O) groups is 1. The first-order valence-corrected chi connectivity index (χ1v) is 9.58. The van der Waals surface area contributed by atoms with Crippen LogP contribution in [0.15, 0.2) is 52.9 Å². The maximum absolute atomic E-state index is 13.1. The van der Waals surface area contributed by atoms with Crippen molar-refractivity contribution in [3.8, 4) is 5.75 Å². The topological polar surface area (TPSA) is 51.5 Å². The Morgan fingerprint density at radius 1 is 1.11 bits per heavy atom. The number of benzene rings is 2. The number of ether oxygens (including phenoxy) is 1. The third-order valence-electron chi connectivity index (χ3n) is 4.43. The van der Waals surface area contributed by atoms with Gasteiger partial charge in [0.1, 0.15) is 23.7 Å². The van der Waals surface area contributed by atoms with Gasteiger partial charge in [-0.3, -0.25) is 4.79 Å². The number of hydrogen-bond donors (Lipinski definition) is 1. The van der Waals surface area contributed by atoms with Crippen molar-refractivity contribution in [2.45, 2.75) is 27.2 Å². The van der Waals surface area contributed by atoms with Gasteiger partial charge in [0.25, 0.3) is 0 Å². The smallest absolute Gasteiger partial charge is 0.197 e. The number of rotatable bonds is 9. The Morgan fingerprint density at radius 2 is 1.85 bits per heavy atom. The molecule has 0 saturated carbocycles. The Balaban J connectivity index is 1.69. The zero-order chi connectivity index (χ0) is 19.2. The van der Waals surface area contributed by atoms with Gasteiger partial charge in [-0.05, 0) is 42.8 Å². The molecule has 2 aromatic carbocycles. The predicted molar refractivity (Wildman–Crippen MR) is 109 cm³/mol. The van der Waals surface area contributed by atoms with Gasteiger partial charge in [0.2, 0.25) is 0 Å². The minimum absolute atomic E-state index is 0.0121. The zero-order valence-electron chi connectivity index (χ0n) is 16.2. The van der Waals surface area contributed by atoms with E-state index in [2.05, 4.69) is 19.2 Å². The maximum Gasteiger partial charge on any atom is 0.197 e. The quantitative estimate of drug-likeness (QED) is 0.435. The largest absolute Gasteiger partial charge is 0.492 e. The highest BCUT2D eigenvalue weighted by atomic mass is 16.5.